The van der Waals surface area contributed by atoms with E-state index in [9.17, 15) is 17.6 Å². The minimum atomic E-state index is -3.63. The highest BCUT2D eigenvalue weighted by Gasteiger charge is 2.31. The van der Waals surface area contributed by atoms with Crippen LogP contribution in [0.2, 0.25) is 0 Å². The summed E-state index contributed by atoms with van der Waals surface area (Å²) in [5, 5.41) is 2.90. The standard InChI is InChI=1S/C25H33FN2O4S/c1-25(2,3)21-9-5-7-11-23(21)32-17-14-27-24(29)19-12-15-28(16-13-19)33(30,31)18-20-8-4-6-10-22(20)26/h4-11,19H,12-18H2,1-3H3,(H,27,29). The molecule has 1 heterocycles. The number of carbonyl (C=O) groups excluding carboxylic acids is 1. The highest BCUT2D eigenvalue weighted by atomic mass is 32.2. The largest absolute Gasteiger partial charge is 0.491 e. The number of carbonyl (C=O) groups is 1. The van der Waals surface area contributed by atoms with Gasteiger partial charge in [0, 0.05) is 24.6 Å². The minimum Gasteiger partial charge on any atom is -0.491 e. The van der Waals surface area contributed by atoms with Crippen molar-refractivity contribution in [2.45, 2.75) is 44.8 Å². The van der Waals surface area contributed by atoms with Gasteiger partial charge in [0.15, 0.2) is 0 Å². The summed E-state index contributed by atoms with van der Waals surface area (Å²) in [6.07, 6.45) is 0.881. The molecule has 0 aliphatic carbocycles. The summed E-state index contributed by atoms with van der Waals surface area (Å²) in [5.41, 5.74) is 1.23. The number of nitrogens with one attached hydrogen (secondary N) is 1. The molecule has 2 aromatic carbocycles. The summed E-state index contributed by atoms with van der Waals surface area (Å²) in [6.45, 7) is 7.62. The van der Waals surface area contributed by atoms with E-state index >= 15 is 0 Å². The zero-order valence-corrected chi connectivity index (χ0v) is 20.3. The number of hydrogen-bond acceptors (Lipinski definition) is 4. The van der Waals surface area contributed by atoms with Crippen LogP contribution in [-0.2, 0) is 26.0 Å². The van der Waals surface area contributed by atoms with E-state index in [-0.39, 0.29) is 41.6 Å². The maximum absolute atomic E-state index is 13.8. The van der Waals surface area contributed by atoms with Crippen LogP contribution in [0.5, 0.6) is 5.75 Å². The SMILES string of the molecule is CC(C)(C)c1ccccc1OCCNC(=O)C1CCN(S(=O)(=O)Cc2ccccc2F)CC1. The molecule has 2 aromatic rings. The predicted octanol–water partition coefficient (Wildman–Crippen LogP) is 3.86. The van der Waals surface area contributed by atoms with Gasteiger partial charge >= 0.3 is 0 Å². The van der Waals surface area contributed by atoms with Crippen LogP contribution in [-0.4, -0.2) is 44.9 Å². The Morgan fingerprint density at radius 2 is 1.73 bits per heavy atom. The van der Waals surface area contributed by atoms with Crippen molar-refractivity contribution in [3.05, 3.63) is 65.5 Å². The van der Waals surface area contributed by atoms with E-state index in [1.54, 1.807) is 6.07 Å². The number of hydrogen-bond donors (Lipinski definition) is 1. The van der Waals surface area contributed by atoms with Gasteiger partial charge in [0.2, 0.25) is 15.9 Å². The number of nitrogens with zero attached hydrogens (tertiary/aromatic N) is 1. The molecule has 0 atom stereocenters. The zero-order valence-electron chi connectivity index (χ0n) is 19.5. The van der Waals surface area contributed by atoms with Crippen molar-refractivity contribution in [3.63, 3.8) is 0 Å². The van der Waals surface area contributed by atoms with E-state index in [1.165, 1.54) is 22.5 Å². The number of halogens is 1. The molecule has 0 saturated carbocycles. The molecular formula is C25H33FN2O4S. The molecule has 1 amide bonds. The van der Waals surface area contributed by atoms with Crippen LogP contribution in [0.15, 0.2) is 48.5 Å². The topological polar surface area (TPSA) is 75.7 Å². The van der Waals surface area contributed by atoms with Gasteiger partial charge in [-0.1, -0.05) is 57.2 Å². The predicted molar refractivity (Wildman–Crippen MR) is 127 cm³/mol. The number of sulfonamides is 1. The van der Waals surface area contributed by atoms with Crippen LogP contribution in [0.1, 0.15) is 44.7 Å². The van der Waals surface area contributed by atoms with Crippen molar-refractivity contribution in [2.24, 2.45) is 5.92 Å². The summed E-state index contributed by atoms with van der Waals surface area (Å²) in [7, 11) is -3.63. The summed E-state index contributed by atoms with van der Waals surface area (Å²) < 4.78 is 46.4. The first kappa shape index (κ1) is 25.2. The van der Waals surface area contributed by atoms with Crippen molar-refractivity contribution < 1.29 is 22.3 Å². The second-order valence-corrected chi connectivity index (χ2v) is 11.4. The van der Waals surface area contributed by atoms with Crippen LogP contribution in [0.25, 0.3) is 0 Å². The van der Waals surface area contributed by atoms with Crippen molar-refractivity contribution in [1.29, 1.82) is 0 Å². The Morgan fingerprint density at radius 1 is 1.09 bits per heavy atom. The number of amides is 1. The van der Waals surface area contributed by atoms with E-state index in [0.717, 1.165) is 11.3 Å². The maximum Gasteiger partial charge on any atom is 0.223 e. The molecule has 1 aliphatic rings. The minimum absolute atomic E-state index is 0.0412. The number of rotatable bonds is 8. The third-order valence-electron chi connectivity index (χ3n) is 5.87. The van der Waals surface area contributed by atoms with E-state index < -0.39 is 15.8 Å². The molecule has 0 bridgehead atoms. The molecule has 1 N–H and O–H groups in total. The first-order valence-corrected chi connectivity index (χ1v) is 12.9. The molecule has 33 heavy (non-hydrogen) atoms. The number of ether oxygens (including phenoxy) is 1. The third kappa shape index (κ3) is 6.77. The van der Waals surface area contributed by atoms with E-state index in [1.807, 2.05) is 24.3 Å². The molecule has 1 aliphatic heterocycles. The second kappa shape index (κ2) is 10.7. The lowest BCUT2D eigenvalue weighted by molar-refractivity contribution is -0.126. The number of piperidine rings is 1. The normalized spacial score (nSPS) is 15.9. The quantitative estimate of drug-likeness (QED) is 0.587. The van der Waals surface area contributed by atoms with Crippen molar-refractivity contribution in [3.8, 4) is 5.75 Å². The fraction of sp³-hybridized carbons (Fsp3) is 0.480. The highest BCUT2D eigenvalue weighted by Crippen LogP contribution is 2.30. The Balaban J connectivity index is 1.44. The van der Waals surface area contributed by atoms with E-state index in [2.05, 4.69) is 26.1 Å². The average molecular weight is 477 g/mol. The lowest BCUT2D eigenvalue weighted by Crippen LogP contribution is -2.44. The zero-order chi connectivity index (χ0) is 24.1. The first-order valence-electron chi connectivity index (χ1n) is 11.3. The van der Waals surface area contributed by atoms with Gasteiger partial charge in [-0.15, -0.1) is 0 Å². The Bertz CT molecular complexity index is 1060. The molecule has 8 heteroatoms. The maximum atomic E-state index is 13.8. The molecule has 0 spiro atoms. The van der Waals surface area contributed by atoms with Gasteiger partial charge in [0.05, 0.1) is 12.3 Å². The highest BCUT2D eigenvalue weighted by molar-refractivity contribution is 7.88. The third-order valence-corrected chi connectivity index (χ3v) is 7.70. The van der Waals surface area contributed by atoms with Crippen molar-refractivity contribution in [1.82, 2.24) is 9.62 Å². The van der Waals surface area contributed by atoms with Gasteiger partial charge in [-0.2, -0.15) is 0 Å². The number of benzene rings is 2. The van der Waals surface area contributed by atoms with Crippen LogP contribution >= 0.6 is 0 Å². The fourth-order valence-electron chi connectivity index (χ4n) is 3.99. The molecule has 1 saturated heterocycles. The van der Waals surface area contributed by atoms with Gasteiger partial charge in [-0.05, 0) is 36.0 Å². The summed E-state index contributed by atoms with van der Waals surface area (Å²) >= 11 is 0. The summed E-state index contributed by atoms with van der Waals surface area (Å²) in [6, 6.07) is 13.8. The molecule has 0 radical (unpaired) electrons. The summed E-state index contributed by atoms with van der Waals surface area (Å²) in [4.78, 5) is 12.5. The fourth-order valence-corrected chi connectivity index (χ4v) is 5.57. The Hall–Kier alpha value is -2.45. The molecule has 6 nitrogen and oxygen atoms in total. The molecule has 180 valence electrons. The average Bonchev–Trinajstić information content (AvgIpc) is 2.78. The first-order chi connectivity index (χ1) is 15.6. The van der Waals surface area contributed by atoms with Crippen molar-refractivity contribution >= 4 is 15.9 Å². The van der Waals surface area contributed by atoms with Crippen molar-refractivity contribution in [2.75, 3.05) is 26.2 Å². The van der Waals surface area contributed by atoms with Crippen LogP contribution in [0.3, 0.4) is 0 Å². The number of para-hydroxylation sites is 1. The molecule has 0 aromatic heterocycles. The van der Waals surface area contributed by atoms with Crippen LogP contribution in [0.4, 0.5) is 4.39 Å². The Kier molecular flexibility index (Phi) is 8.13. The van der Waals surface area contributed by atoms with Gasteiger partial charge in [0.1, 0.15) is 18.2 Å². The lowest BCUT2D eigenvalue weighted by atomic mass is 9.86. The molecule has 1 fully saturated rings. The van der Waals surface area contributed by atoms with Crippen LogP contribution < -0.4 is 10.1 Å². The van der Waals surface area contributed by atoms with Gasteiger partial charge in [0.25, 0.3) is 0 Å². The Labute approximate surface area is 196 Å². The second-order valence-electron chi connectivity index (χ2n) is 9.41. The molecule has 3 rings (SSSR count). The molecular weight excluding hydrogens is 443 g/mol. The Morgan fingerprint density at radius 3 is 2.39 bits per heavy atom. The van der Waals surface area contributed by atoms with Crippen LogP contribution in [0, 0.1) is 11.7 Å². The van der Waals surface area contributed by atoms with E-state index in [4.69, 9.17) is 4.74 Å². The summed E-state index contributed by atoms with van der Waals surface area (Å²) in [5.74, 6) is -0.417. The molecule has 0 unspecified atom stereocenters. The van der Waals surface area contributed by atoms with Gasteiger partial charge in [-0.3, -0.25) is 4.79 Å². The smallest absolute Gasteiger partial charge is 0.223 e. The lowest BCUT2D eigenvalue weighted by Gasteiger charge is -2.30. The monoisotopic (exact) mass is 476 g/mol. The van der Waals surface area contributed by atoms with Gasteiger partial charge < -0.3 is 10.1 Å². The van der Waals surface area contributed by atoms with E-state index in [0.29, 0.717) is 26.0 Å². The van der Waals surface area contributed by atoms with Gasteiger partial charge in [-0.25, -0.2) is 17.1 Å².